The van der Waals surface area contributed by atoms with Gasteiger partial charge in [-0.2, -0.15) is 5.10 Å². The van der Waals surface area contributed by atoms with Gasteiger partial charge in [0.25, 0.3) is 0 Å². The van der Waals surface area contributed by atoms with Gasteiger partial charge in [0, 0.05) is 16.4 Å². The fourth-order valence-electron chi connectivity index (χ4n) is 2.30. The summed E-state index contributed by atoms with van der Waals surface area (Å²) < 4.78 is 44.8. The molecule has 0 aliphatic rings. The van der Waals surface area contributed by atoms with Crippen LogP contribution in [0.1, 0.15) is 0 Å². The van der Waals surface area contributed by atoms with E-state index in [0.29, 0.717) is 0 Å². The van der Waals surface area contributed by atoms with Gasteiger partial charge in [-0.3, -0.25) is 5.10 Å². The third-order valence-corrected chi connectivity index (χ3v) is 5.13. The molecule has 0 bridgehead atoms. The summed E-state index contributed by atoms with van der Waals surface area (Å²) in [6.45, 7) is 0.0599. The van der Waals surface area contributed by atoms with Crippen molar-refractivity contribution in [1.82, 2.24) is 10.2 Å². The number of fused-ring (bicyclic) bond motifs is 1. The quantitative estimate of drug-likeness (QED) is 0.313. The Bertz CT molecular complexity index is 1060. The van der Waals surface area contributed by atoms with Gasteiger partial charge in [-0.1, -0.05) is 23.3 Å². The summed E-state index contributed by atoms with van der Waals surface area (Å²) in [5, 5.41) is 9.59. The smallest absolute Gasteiger partial charge is 0.223 e. The Morgan fingerprint density at radius 2 is 2.04 bits per heavy atom. The first-order chi connectivity index (χ1) is 12.0. The number of nitrogens with one attached hydrogen (secondary N) is 1. The summed E-state index contributed by atoms with van der Waals surface area (Å²) in [6.07, 6.45) is 0. The molecule has 0 saturated carbocycles. The van der Waals surface area contributed by atoms with Crippen LogP contribution in [-0.4, -0.2) is 31.8 Å². The molecular weight excluding hydrogens is 349 g/mol. The predicted molar refractivity (Wildman–Crippen MR) is 87.5 cm³/mol. The van der Waals surface area contributed by atoms with Gasteiger partial charge in [0.1, 0.15) is 17.1 Å². The highest BCUT2D eigenvalue weighted by atomic mass is 32.2. The zero-order valence-corrected chi connectivity index (χ0v) is 13.6. The summed E-state index contributed by atoms with van der Waals surface area (Å²) in [7, 11) is -3.89. The van der Waals surface area contributed by atoms with Crippen molar-refractivity contribution in [3.8, 4) is 5.75 Å². The van der Waals surface area contributed by atoms with E-state index in [1.165, 1.54) is 12.1 Å². The first-order valence-corrected chi connectivity index (χ1v) is 8.64. The van der Waals surface area contributed by atoms with Crippen LogP contribution in [-0.2, 0) is 9.84 Å². The maximum atomic E-state index is 13.9. The number of rotatable bonds is 6. The highest BCUT2D eigenvalue weighted by molar-refractivity contribution is 7.91. The third kappa shape index (κ3) is 3.25. The second kappa shape index (κ2) is 6.80. The van der Waals surface area contributed by atoms with E-state index in [1.54, 1.807) is 18.2 Å². The predicted octanol–water partition coefficient (Wildman–Crippen LogP) is 3.22. The monoisotopic (exact) mass is 361 g/mol. The normalized spacial score (nSPS) is 11.2. The van der Waals surface area contributed by atoms with Gasteiger partial charge in [-0.25, -0.2) is 12.8 Å². The average Bonchev–Trinajstić information content (AvgIpc) is 3.04. The lowest BCUT2D eigenvalue weighted by Crippen LogP contribution is -2.03. The minimum atomic E-state index is -3.89. The fraction of sp³-hybridized carbons (Fsp3) is 0.133. The van der Waals surface area contributed by atoms with Crippen LogP contribution >= 0.6 is 0 Å². The fourth-order valence-corrected chi connectivity index (χ4v) is 3.67. The van der Waals surface area contributed by atoms with E-state index in [0.717, 1.165) is 12.1 Å². The molecule has 0 fully saturated rings. The number of benzene rings is 2. The van der Waals surface area contributed by atoms with Gasteiger partial charge in [0.05, 0.1) is 18.0 Å². The molecule has 1 aromatic heterocycles. The average molecular weight is 361 g/mol. The largest absolute Gasteiger partial charge is 0.491 e. The van der Waals surface area contributed by atoms with E-state index >= 15 is 0 Å². The lowest BCUT2D eigenvalue weighted by molar-refractivity contribution is 0.330. The summed E-state index contributed by atoms with van der Waals surface area (Å²) in [4.78, 5) is 2.65. The number of hydrogen-bond donors (Lipinski definition) is 1. The maximum absolute atomic E-state index is 13.9. The second-order valence-corrected chi connectivity index (χ2v) is 6.86. The molecule has 0 amide bonds. The lowest BCUT2D eigenvalue weighted by Gasteiger charge is -2.06. The summed E-state index contributed by atoms with van der Waals surface area (Å²) in [5.74, 6) is -0.605. The van der Waals surface area contributed by atoms with Crippen LogP contribution in [0.15, 0.2) is 57.5 Å². The number of aromatic nitrogens is 2. The van der Waals surface area contributed by atoms with Gasteiger partial charge in [0.15, 0.2) is 5.03 Å². The van der Waals surface area contributed by atoms with Crippen LogP contribution in [0.4, 0.5) is 4.39 Å². The van der Waals surface area contributed by atoms with Crippen LogP contribution in [0, 0.1) is 5.82 Å². The lowest BCUT2D eigenvalue weighted by atomic mass is 10.2. The Morgan fingerprint density at radius 3 is 2.76 bits per heavy atom. The van der Waals surface area contributed by atoms with Crippen LogP contribution in [0.3, 0.4) is 0 Å². The van der Waals surface area contributed by atoms with Crippen molar-refractivity contribution in [2.45, 2.75) is 9.92 Å². The Balaban J connectivity index is 2.07. The molecule has 3 rings (SSSR count). The van der Waals surface area contributed by atoms with Gasteiger partial charge < -0.3 is 4.74 Å². The van der Waals surface area contributed by atoms with Crippen molar-refractivity contribution < 1.29 is 17.5 Å². The molecule has 0 saturated heterocycles. The van der Waals surface area contributed by atoms with Gasteiger partial charge in [-0.15, -0.1) is 0 Å². The van der Waals surface area contributed by atoms with Crippen molar-refractivity contribution in [3.05, 3.63) is 58.7 Å². The third-order valence-electron chi connectivity index (χ3n) is 3.39. The maximum Gasteiger partial charge on any atom is 0.223 e. The molecule has 0 radical (unpaired) electrons. The molecule has 1 heterocycles. The van der Waals surface area contributed by atoms with Crippen LogP contribution in [0.2, 0.25) is 0 Å². The first kappa shape index (κ1) is 16.7. The highest BCUT2D eigenvalue weighted by Crippen LogP contribution is 2.32. The van der Waals surface area contributed by atoms with Gasteiger partial charge >= 0.3 is 0 Å². The van der Waals surface area contributed by atoms with Crippen LogP contribution in [0.5, 0.6) is 5.75 Å². The van der Waals surface area contributed by atoms with Crippen molar-refractivity contribution in [2.24, 2.45) is 5.11 Å². The number of ether oxygens (including phenoxy) is 1. The van der Waals surface area contributed by atoms with E-state index in [4.69, 9.17) is 10.3 Å². The van der Waals surface area contributed by atoms with E-state index < -0.39 is 15.7 Å². The standard InChI is InChI=1S/C15H12FN5O3S/c16-10-8-12-14(13(9-10)24-7-6-18-21-17)19-20-15(12)25(22,23)11-4-2-1-3-5-11/h1-5,8-9H,6-7H2,(H,19,20). The second-order valence-electron chi connectivity index (χ2n) is 4.97. The Labute approximate surface area is 141 Å². The molecule has 0 aliphatic carbocycles. The number of sulfone groups is 1. The molecule has 0 unspecified atom stereocenters. The SMILES string of the molecule is [N-]=[N+]=NCCOc1cc(F)cc2c(S(=O)(=O)c3ccccc3)[nH]nc12. The highest BCUT2D eigenvalue weighted by Gasteiger charge is 2.24. The van der Waals surface area contributed by atoms with E-state index in [9.17, 15) is 12.8 Å². The van der Waals surface area contributed by atoms with Crippen LogP contribution < -0.4 is 4.74 Å². The Morgan fingerprint density at radius 1 is 1.28 bits per heavy atom. The topological polar surface area (TPSA) is 121 Å². The number of nitrogens with zero attached hydrogens (tertiary/aromatic N) is 4. The van der Waals surface area contributed by atoms with Crippen molar-refractivity contribution >= 4 is 20.7 Å². The molecular formula is C15H12FN5O3S. The zero-order valence-electron chi connectivity index (χ0n) is 12.8. The summed E-state index contributed by atoms with van der Waals surface area (Å²) in [5.41, 5.74) is 8.42. The number of H-pyrrole nitrogens is 1. The molecule has 2 aromatic carbocycles. The van der Waals surface area contributed by atoms with E-state index in [-0.39, 0.29) is 39.7 Å². The summed E-state index contributed by atoms with van der Waals surface area (Å²) in [6, 6.07) is 9.94. The number of halogens is 1. The van der Waals surface area contributed by atoms with E-state index in [2.05, 4.69) is 20.2 Å². The minimum Gasteiger partial charge on any atom is -0.491 e. The molecule has 25 heavy (non-hydrogen) atoms. The first-order valence-electron chi connectivity index (χ1n) is 7.15. The molecule has 0 atom stereocenters. The number of aromatic amines is 1. The molecule has 8 nitrogen and oxygen atoms in total. The molecule has 10 heteroatoms. The zero-order chi connectivity index (χ0) is 17.9. The van der Waals surface area contributed by atoms with Gasteiger partial charge in [-0.05, 0) is 23.7 Å². The molecule has 0 spiro atoms. The summed E-state index contributed by atoms with van der Waals surface area (Å²) >= 11 is 0. The molecule has 1 N–H and O–H groups in total. The van der Waals surface area contributed by atoms with Crippen molar-refractivity contribution in [3.63, 3.8) is 0 Å². The van der Waals surface area contributed by atoms with E-state index in [1.807, 2.05) is 0 Å². The van der Waals surface area contributed by atoms with Crippen molar-refractivity contribution in [2.75, 3.05) is 13.2 Å². The minimum absolute atomic E-state index is 0.0102. The molecule has 3 aromatic rings. The number of hydrogen-bond acceptors (Lipinski definition) is 5. The van der Waals surface area contributed by atoms with Crippen molar-refractivity contribution in [1.29, 1.82) is 0 Å². The molecule has 0 aliphatic heterocycles. The molecule has 128 valence electrons. The van der Waals surface area contributed by atoms with Crippen LogP contribution in [0.25, 0.3) is 21.3 Å². The Hall–Kier alpha value is -3.10. The van der Waals surface area contributed by atoms with Gasteiger partial charge in [0.2, 0.25) is 9.84 Å². The Kier molecular flexibility index (Phi) is 4.55. The number of azide groups is 1.